The smallest absolute Gasteiger partial charge is 0.325 e. The summed E-state index contributed by atoms with van der Waals surface area (Å²) in [6.07, 6.45) is 2.61. The lowest BCUT2D eigenvalue weighted by atomic mass is 10.1. The summed E-state index contributed by atoms with van der Waals surface area (Å²) in [5, 5.41) is 13.0. The van der Waals surface area contributed by atoms with Crippen molar-refractivity contribution in [1.29, 1.82) is 0 Å². The molecule has 1 aromatic heterocycles. The van der Waals surface area contributed by atoms with Gasteiger partial charge in [-0.3, -0.25) is 15.1 Å². The van der Waals surface area contributed by atoms with Crippen molar-refractivity contribution in [3.63, 3.8) is 0 Å². The first-order valence-electron chi connectivity index (χ1n) is 7.39. The van der Waals surface area contributed by atoms with Crippen molar-refractivity contribution >= 4 is 17.6 Å². The van der Waals surface area contributed by atoms with Crippen LogP contribution in [0.25, 0.3) is 0 Å². The Morgan fingerprint density at radius 2 is 2.30 bits per heavy atom. The molecule has 1 aliphatic rings. The van der Waals surface area contributed by atoms with Crippen LogP contribution in [0.5, 0.6) is 0 Å². The average molecular weight is 333 g/mol. The maximum atomic E-state index is 11.5. The van der Waals surface area contributed by atoms with E-state index >= 15 is 0 Å². The molecule has 0 amide bonds. The number of nitrogens with one attached hydrogen (secondary N) is 1. The number of carbonyl (C=O) groups is 1. The van der Waals surface area contributed by atoms with Crippen LogP contribution in [-0.2, 0) is 29.1 Å². The van der Waals surface area contributed by atoms with Gasteiger partial charge in [0.05, 0.1) is 13.2 Å². The molecular formula is C17H17ClN2O3. The maximum Gasteiger partial charge on any atom is 0.325 e. The molecule has 2 aromatic rings. The van der Waals surface area contributed by atoms with Gasteiger partial charge in [-0.05, 0) is 34.9 Å². The Labute approximate surface area is 139 Å². The number of ether oxygens (including phenoxy) is 1. The normalized spacial score (nSPS) is 15.0. The lowest BCUT2D eigenvalue weighted by Gasteiger charge is -2.18. The molecule has 6 heteroatoms. The molecule has 2 N–H and O–H groups in total. The van der Waals surface area contributed by atoms with E-state index in [1.165, 1.54) is 0 Å². The SMILES string of the molecule is O=C(O)C(NCc1cnc2c(c1)COCC2)c1cccc(Cl)c1. The van der Waals surface area contributed by atoms with Crippen LogP contribution in [0, 0.1) is 0 Å². The van der Waals surface area contributed by atoms with Crippen LogP contribution in [0.1, 0.15) is 28.4 Å². The topological polar surface area (TPSA) is 71.5 Å². The number of aliphatic carboxylic acids is 1. The van der Waals surface area contributed by atoms with Gasteiger partial charge in [-0.15, -0.1) is 0 Å². The fraction of sp³-hybridized carbons (Fsp3) is 0.294. The Kier molecular flexibility index (Phi) is 4.91. The average Bonchev–Trinajstić information content (AvgIpc) is 2.55. The first kappa shape index (κ1) is 15.9. The van der Waals surface area contributed by atoms with Crippen molar-refractivity contribution in [2.75, 3.05) is 6.61 Å². The summed E-state index contributed by atoms with van der Waals surface area (Å²) in [7, 11) is 0. The van der Waals surface area contributed by atoms with Gasteiger partial charge in [-0.25, -0.2) is 0 Å². The molecule has 0 fully saturated rings. The molecule has 120 valence electrons. The van der Waals surface area contributed by atoms with Crippen molar-refractivity contribution in [2.45, 2.75) is 25.6 Å². The number of hydrogen-bond acceptors (Lipinski definition) is 4. The first-order valence-corrected chi connectivity index (χ1v) is 7.77. The zero-order chi connectivity index (χ0) is 16.2. The number of benzene rings is 1. The van der Waals surface area contributed by atoms with E-state index in [0.29, 0.717) is 30.3 Å². The van der Waals surface area contributed by atoms with Crippen LogP contribution < -0.4 is 5.32 Å². The quantitative estimate of drug-likeness (QED) is 0.881. The van der Waals surface area contributed by atoms with Crippen LogP contribution in [0.2, 0.25) is 5.02 Å². The highest BCUT2D eigenvalue weighted by Gasteiger charge is 2.20. The van der Waals surface area contributed by atoms with E-state index in [0.717, 1.165) is 23.2 Å². The maximum absolute atomic E-state index is 11.5. The molecule has 1 aromatic carbocycles. The van der Waals surface area contributed by atoms with Crippen molar-refractivity contribution < 1.29 is 14.6 Å². The lowest BCUT2D eigenvalue weighted by Crippen LogP contribution is -2.28. The molecule has 0 bridgehead atoms. The minimum Gasteiger partial charge on any atom is -0.480 e. The molecule has 23 heavy (non-hydrogen) atoms. The van der Waals surface area contributed by atoms with Gasteiger partial charge in [0.2, 0.25) is 0 Å². The minimum absolute atomic E-state index is 0.407. The van der Waals surface area contributed by atoms with Crippen LogP contribution in [0.15, 0.2) is 36.5 Å². The standard InChI is InChI=1S/C17H17ClN2O3/c18-14-3-1-2-12(7-14)16(17(21)22)20-9-11-6-13-10-23-5-4-15(13)19-8-11/h1-3,6-8,16,20H,4-5,9-10H2,(H,21,22). The molecule has 0 saturated carbocycles. The molecule has 1 aliphatic heterocycles. The number of fused-ring (bicyclic) bond motifs is 1. The van der Waals surface area contributed by atoms with Gasteiger partial charge in [0.15, 0.2) is 0 Å². The van der Waals surface area contributed by atoms with Gasteiger partial charge in [-0.1, -0.05) is 23.7 Å². The van der Waals surface area contributed by atoms with E-state index in [-0.39, 0.29) is 0 Å². The van der Waals surface area contributed by atoms with Crippen molar-refractivity contribution in [1.82, 2.24) is 10.3 Å². The summed E-state index contributed by atoms with van der Waals surface area (Å²) >= 11 is 5.95. The van der Waals surface area contributed by atoms with Crippen molar-refractivity contribution in [3.05, 3.63) is 63.9 Å². The highest BCUT2D eigenvalue weighted by atomic mass is 35.5. The van der Waals surface area contributed by atoms with Gasteiger partial charge in [-0.2, -0.15) is 0 Å². The fourth-order valence-electron chi connectivity index (χ4n) is 2.64. The molecular weight excluding hydrogens is 316 g/mol. The highest BCUT2D eigenvalue weighted by Crippen LogP contribution is 2.20. The van der Waals surface area contributed by atoms with E-state index in [4.69, 9.17) is 16.3 Å². The second-order valence-electron chi connectivity index (χ2n) is 5.46. The van der Waals surface area contributed by atoms with Gasteiger partial charge >= 0.3 is 5.97 Å². The second kappa shape index (κ2) is 7.08. The van der Waals surface area contributed by atoms with Crippen molar-refractivity contribution in [3.8, 4) is 0 Å². The number of hydrogen-bond donors (Lipinski definition) is 2. The molecule has 2 heterocycles. The van der Waals surface area contributed by atoms with Gasteiger partial charge in [0.1, 0.15) is 6.04 Å². The van der Waals surface area contributed by atoms with Crippen LogP contribution in [0.3, 0.4) is 0 Å². The minimum atomic E-state index is -0.943. The number of pyridine rings is 1. The number of carboxylic acids is 1. The van der Waals surface area contributed by atoms with Crippen LogP contribution in [-0.4, -0.2) is 22.7 Å². The molecule has 5 nitrogen and oxygen atoms in total. The van der Waals surface area contributed by atoms with Gasteiger partial charge < -0.3 is 9.84 Å². The van der Waals surface area contributed by atoms with Gasteiger partial charge in [0.25, 0.3) is 0 Å². The zero-order valence-electron chi connectivity index (χ0n) is 12.5. The second-order valence-corrected chi connectivity index (χ2v) is 5.90. The summed E-state index contributed by atoms with van der Waals surface area (Å²) in [5.41, 5.74) is 3.69. The number of rotatable bonds is 5. The Balaban J connectivity index is 1.73. The van der Waals surface area contributed by atoms with E-state index in [2.05, 4.69) is 10.3 Å². The molecule has 3 rings (SSSR count). The van der Waals surface area contributed by atoms with E-state index in [1.807, 2.05) is 6.07 Å². The van der Waals surface area contributed by atoms with E-state index < -0.39 is 12.0 Å². The number of aromatic nitrogens is 1. The number of carboxylic acid groups (broad SMARTS) is 1. The fourth-order valence-corrected chi connectivity index (χ4v) is 2.84. The third-order valence-electron chi connectivity index (χ3n) is 3.80. The van der Waals surface area contributed by atoms with Crippen molar-refractivity contribution in [2.24, 2.45) is 0 Å². The molecule has 0 aliphatic carbocycles. The molecule has 0 radical (unpaired) electrons. The zero-order valence-corrected chi connectivity index (χ0v) is 13.2. The lowest BCUT2D eigenvalue weighted by molar-refractivity contribution is -0.139. The summed E-state index contributed by atoms with van der Waals surface area (Å²) in [5.74, 6) is -0.943. The monoisotopic (exact) mass is 332 g/mol. The van der Waals surface area contributed by atoms with E-state index in [1.54, 1.807) is 30.5 Å². The molecule has 1 atom stereocenters. The number of halogens is 1. The van der Waals surface area contributed by atoms with Crippen LogP contribution in [0.4, 0.5) is 0 Å². The Morgan fingerprint density at radius 1 is 1.43 bits per heavy atom. The molecule has 1 unspecified atom stereocenters. The summed E-state index contributed by atoms with van der Waals surface area (Å²) in [4.78, 5) is 16.0. The predicted molar refractivity (Wildman–Crippen MR) is 86.3 cm³/mol. The molecule has 0 spiro atoms. The molecule has 0 saturated heterocycles. The van der Waals surface area contributed by atoms with Gasteiger partial charge in [0, 0.05) is 29.9 Å². The van der Waals surface area contributed by atoms with Crippen LogP contribution >= 0.6 is 11.6 Å². The Bertz CT molecular complexity index is 721. The third-order valence-corrected chi connectivity index (χ3v) is 4.03. The van der Waals surface area contributed by atoms with E-state index in [9.17, 15) is 9.90 Å². The third kappa shape index (κ3) is 3.88. The number of nitrogens with zero attached hydrogens (tertiary/aromatic N) is 1. The first-order chi connectivity index (χ1) is 11.1. The predicted octanol–water partition coefficient (Wildman–Crippen LogP) is 2.72. The highest BCUT2D eigenvalue weighted by molar-refractivity contribution is 6.30. The summed E-state index contributed by atoms with van der Waals surface area (Å²) in [6, 6.07) is 8.07. The summed E-state index contributed by atoms with van der Waals surface area (Å²) < 4.78 is 5.43. The Morgan fingerprint density at radius 3 is 3.09 bits per heavy atom. The summed E-state index contributed by atoms with van der Waals surface area (Å²) in [6.45, 7) is 1.67. The Hall–Kier alpha value is -1.95. The largest absolute Gasteiger partial charge is 0.480 e.